The molecule has 1 aliphatic rings. The smallest absolute Gasteiger partial charge is 0.433 e. The van der Waals surface area contributed by atoms with Gasteiger partial charge in [-0.25, -0.2) is 9.97 Å². The molecule has 0 aliphatic carbocycles. The highest BCUT2D eigenvalue weighted by Crippen LogP contribution is 2.30. The molecule has 0 saturated carbocycles. The molecule has 0 radical (unpaired) electrons. The SMILES string of the molecule is COc1ccccc1CNC(=O)C1CCN(c2cc(C(F)(F)F)ncn2)CC1. The van der Waals surface area contributed by atoms with E-state index in [1.54, 1.807) is 12.0 Å². The molecular formula is C19H21F3N4O2. The van der Waals surface area contributed by atoms with Crippen LogP contribution in [-0.4, -0.2) is 36.1 Å². The number of alkyl halides is 3. The van der Waals surface area contributed by atoms with Gasteiger partial charge >= 0.3 is 6.18 Å². The molecule has 0 atom stereocenters. The van der Waals surface area contributed by atoms with Crippen LogP contribution in [0.25, 0.3) is 0 Å². The van der Waals surface area contributed by atoms with Gasteiger partial charge in [0.05, 0.1) is 7.11 Å². The lowest BCUT2D eigenvalue weighted by molar-refractivity contribution is -0.141. The first-order valence-electron chi connectivity index (χ1n) is 8.92. The van der Waals surface area contributed by atoms with E-state index in [0.29, 0.717) is 38.2 Å². The summed E-state index contributed by atoms with van der Waals surface area (Å²) in [4.78, 5) is 21.4. The molecule has 2 aromatic rings. The first-order valence-corrected chi connectivity index (χ1v) is 8.92. The third kappa shape index (κ3) is 4.71. The number of rotatable bonds is 5. The topological polar surface area (TPSA) is 67.3 Å². The van der Waals surface area contributed by atoms with E-state index < -0.39 is 11.9 Å². The number of para-hydroxylation sites is 1. The maximum Gasteiger partial charge on any atom is 0.433 e. The minimum absolute atomic E-state index is 0.0655. The van der Waals surface area contributed by atoms with Crippen LogP contribution in [0.1, 0.15) is 24.1 Å². The van der Waals surface area contributed by atoms with Crippen LogP contribution in [0.3, 0.4) is 0 Å². The van der Waals surface area contributed by atoms with E-state index in [0.717, 1.165) is 18.0 Å². The minimum atomic E-state index is -4.51. The molecule has 1 N–H and O–H groups in total. The summed E-state index contributed by atoms with van der Waals surface area (Å²) in [5.41, 5.74) is -0.0781. The van der Waals surface area contributed by atoms with Crippen molar-refractivity contribution in [3.8, 4) is 5.75 Å². The number of carbonyl (C=O) groups excluding carboxylic acids is 1. The average molecular weight is 394 g/mol. The zero-order valence-electron chi connectivity index (χ0n) is 15.4. The van der Waals surface area contributed by atoms with Gasteiger partial charge in [0.15, 0.2) is 0 Å². The molecule has 1 aliphatic heterocycles. The van der Waals surface area contributed by atoms with Gasteiger partial charge in [-0.3, -0.25) is 4.79 Å². The predicted molar refractivity (Wildman–Crippen MR) is 96.8 cm³/mol. The Hall–Kier alpha value is -2.84. The number of halogens is 3. The van der Waals surface area contributed by atoms with Crippen LogP contribution in [0.5, 0.6) is 5.75 Å². The Morgan fingerprint density at radius 3 is 2.64 bits per heavy atom. The summed E-state index contributed by atoms with van der Waals surface area (Å²) in [7, 11) is 1.58. The van der Waals surface area contributed by atoms with Gasteiger partial charge in [0.25, 0.3) is 0 Å². The number of amides is 1. The number of aromatic nitrogens is 2. The standard InChI is InChI=1S/C19H21F3N4O2/c1-28-15-5-3-2-4-14(15)11-23-18(27)13-6-8-26(9-7-13)17-10-16(19(20,21)22)24-12-25-17/h2-5,10,12-13H,6-9,11H2,1H3,(H,23,27). The van der Waals surface area contributed by atoms with Crippen molar-refractivity contribution in [2.45, 2.75) is 25.6 Å². The lowest BCUT2D eigenvalue weighted by atomic mass is 9.95. The number of nitrogens with one attached hydrogen (secondary N) is 1. The second-order valence-electron chi connectivity index (χ2n) is 6.55. The molecule has 9 heteroatoms. The number of methoxy groups -OCH3 is 1. The monoisotopic (exact) mass is 394 g/mol. The normalized spacial score (nSPS) is 15.4. The molecule has 3 rings (SSSR count). The Morgan fingerprint density at radius 2 is 1.96 bits per heavy atom. The van der Waals surface area contributed by atoms with Crippen molar-refractivity contribution in [2.75, 3.05) is 25.1 Å². The van der Waals surface area contributed by atoms with Crippen molar-refractivity contribution >= 4 is 11.7 Å². The fourth-order valence-corrected chi connectivity index (χ4v) is 3.22. The summed E-state index contributed by atoms with van der Waals surface area (Å²) in [6, 6.07) is 8.39. The third-order valence-electron chi connectivity index (χ3n) is 4.78. The number of carbonyl (C=O) groups is 1. The van der Waals surface area contributed by atoms with Crippen LogP contribution >= 0.6 is 0 Å². The van der Waals surface area contributed by atoms with Gasteiger partial charge in [-0.1, -0.05) is 18.2 Å². The van der Waals surface area contributed by atoms with Gasteiger partial charge in [-0.2, -0.15) is 13.2 Å². The molecule has 0 unspecified atom stereocenters. The predicted octanol–water partition coefficient (Wildman–Crippen LogP) is 3.04. The molecule has 2 heterocycles. The third-order valence-corrected chi connectivity index (χ3v) is 4.78. The Labute approximate surface area is 160 Å². The number of hydrogen-bond donors (Lipinski definition) is 1. The van der Waals surface area contributed by atoms with Crippen LogP contribution < -0.4 is 15.0 Å². The van der Waals surface area contributed by atoms with Crippen LogP contribution in [0.4, 0.5) is 19.0 Å². The fraction of sp³-hybridized carbons (Fsp3) is 0.421. The molecule has 0 spiro atoms. The molecule has 1 aromatic carbocycles. The molecular weight excluding hydrogens is 373 g/mol. The number of benzene rings is 1. The lowest BCUT2D eigenvalue weighted by Crippen LogP contribution is -2.40. The lowest BCUT2D eigenvalue weighted by Gasteiger charge is -2.32. The highest BCUT2D eigenvalue weighted by Gasteiger charge is 2.34. The number of anilines is 1. The van der Waals surface area contributed by atoms with E-state index in [4.69, 9.17) is 4.74 Å². The Kier molecular flexibility index (Phi) is 6.01. The number of hydrogen-bond acceptors (Lipinski definition) is 5. The summed E-state index contributed by atoms with van der Waals surface area (Å²) in [5.74, 6) is 0.691. The van der Waals surface area contributed by atoms with Crippen LogP contribution in [-0.2, 0) is 17.5 Å². The summed E-state index contributed by atoms with van der Waals surface area (Å²) in [5, 5.41) is 2.92. The van der Waals surface area contributed by atoms with E-state index in [-0.39, 0.29) is 17.6 Å². The summed E-state index contributed by atoms with van der Waals surface area (Å²) in [6.45, 7) is 1.28. The molecule has 150 valence electrons. The molecule has 1 fully saturated rings. The van der Waals surface area contributed by atoms with Crippen LogP contribution in [0, 0.1) is 5.92 Å². The van der Waals surface area contributed by atoms with Gasteiger partial charge in [0.1, 0.15) is 23.6 Å². The second kappa shape index (κ2) is 8.45. The van der Waals surface area contributed by atoms with Gasteiger partial charge in [-0.15, -0.1) is 0 Å². The first-order chi connectivity index (χ1) is 13.4. The minimum Gasteiger partial charge on any atom is -0.496 e. The fourth-order valence-electron chi connectivity index (χ4n) is 3.22. The van der Waals surface area contributed by atoms with Gasteiger partial charge in [0.2, 0.25) is 5.91 Å². The van der Waals surface area contributed by atoms with E-state index in [1.165, 1.54) is 0 Å². The van der Waals surface area contributed by atoms with Crippen molar-refractivity contribution < 1.29 is 22.7 Å². The maximum absolute atomic E-state index is 12.8. The van der Waals surface area contributed by atoms with Crippen LogP contribution in [0.15, 0.2) is 36.7 Å². The molecule has 1 amide bonds. The van der Waals surface area contributed by atoms with Crippen molar-refractivity contribution in [3.05, 3.63) is 47.9 Å². The second-order valence-corrected chi connectivity index (χ2v) is 6.55. The van der Waals surface area contributed by atoms with Crippen molar-refractivity contribution in [3.63, 3.8) is 0 Å². The highest BCUT2D eigenvalue weighted by atomic mass is 19.4. The van der Waals surface area contributed by atoms with E-state index >= 15 is 0 Å². The first kappa shape index (κ1) is 19.9. The molecule has 0 bridgehead atoms. The number of ether oxygens (including phenoxy) is 1. The van der Waals surface area contributed by atoms with Gasteiger partial charge < -0.3 is 15.0 Å². The van der Waals surface area contributed by atoms with E-state index in [2.05, 4.69) is 15.3 Å². The highest BCUT2D eigenvalue weighted by molar-refractivity contribution is 5.79. The number of nitrogens with zero attached hydrogens (tertiary/aromatic N) is 3. The summed E-state index contributed by atoms with van der Waals surface area (Å²) in [6.07, 6.45) is -2.50. The quantitative estimate of drug-likeness (QED) is 0.844. The molecule has 1 saturated heterocycles. The average Bonchev–Trinajstić information content (AvgIpc) is 2.72. The van der Waals surface area contributed by atoms with Crippen LogP contribution in [0.2, 0.25) is 0 Å². The van der Waals surface area contributed by atoms with E-state index in [1.807, 2.05) is 24.3 Å². The Bertz CT molecular complexity index is 821. The largest absolute Gasteiger partial charge is 0.496 e. The summed E-state index contributed by atoms with van der Waals surface area (Å²) >= 11 is 0. The zero-order valence-corrected chi connectivity index (χ0v) is 15.4. The Morgan fingerprint density at radius 1 is 1.25 bits per heavy atom. The van der Waals surface area contributed by atoms with E-state index in [9.17, 15) is 18.0 Å². The zero-order chi connectivity index (χ0) is 20.1. The van der Waals surface area contributed by atoms with Gasteiger partial charge in [-0.05, 0) is 18.9 Å². The molecule has 6 nitrogen and oxygen atoms in total. The van der Waals surface area contributed by atoms with Crippen molar-refractivity contribution in [2.24, 2.45) is 5.92 Å². The molecule has 28 heavy (non-hydrogen) atoms. The van der Waals surface area contributed by atoms with Crippen molar-refractivity contribution in [1.29, 1.82) is 0 Å². The van der Waals surface area contributed by atoms with Crippen molar-refractivity contribution in [1.82, 2.24) is 15.3 Å². The maximum atomic E-state index is 12.8. The Balaban J connectivity index is 1.54. The van der Waals surface area contributed by atoms with Gasteiger partial charge in [0, 0.05) is 37.2 Å². The summed E-state index contributed by atoms with van der Waals surface area (Å²) < 4.78 is 43.7. The molecule has 1 aromatic heterocycles. The number of piperidine rings is 1.